The summed E-state index contributed by atoms with van der Waals surface area (Å²) in [6, 6.07) is 15.9. The van der Waals surface area contributed by atoms with E-state index in [1.807, 2.05) is 30.3 Å². The van der Waals surface area contributed by atoms with Gasteiger partial charge >= 0.3 is 5.97 Å². The molecule has 3 rings (SSSR count). The Labute approximate surface area is 194 Å². The van der Waals surface area contributed by atoms with Gasteiger partial charge in [0.25, 0.3) is 5.91 Å². The van der Waals surface area contributed by atoms with Crippen LogP contribution in [0.25, 0.3) is 0 Å². The number of benzene rings is 2. The third-order valence-corrected chi connectivity index (χ3v) is 7.51. The highest BCUT2D eigenvalue weighted by Crippen LogP contribution is 2.26. The van der Waals surface area contributed by atoms with Gasteiger partial charge in [0, 0.05) is 19.6 Å². The van der Waals surface area contributed by atoms with E-state index in [1.54, 1.807) is 12.1 Å². The Morgan fingerprint density at radius 2 is 1.82 bits per heavy atom. The molecule has 0 spiro atoms. The van der Waals surface area contributed by atoms with E-state index in [9.17, 15) is 18.0 Å². The van der Waals surface area contributed by atoms with Crippen LogP contribution in [0, 0.1) is 5.92 Å². The fourth-order valence-corrected chi connectivity index (χ4v) is 5.22. The zero-order chi connectivity index (χ0) is 23.8. The van der Waals surface area contributed by atoms with Crippen LogP contribution >= 0.6 is 0 Å². The summed E-state index contributed by atoms with van der Waals surface area (Å²) in [5, 5.41) is 2.77. The SMILES string of the molecule is COc1ccc(S(=O)(=O)N2CCCC(C(=O)OC(C)C(=O)NCCc3ccccc3)C2)cc1. The van der Waals surface area contributed by atoms with Crippen molar-refractivity contribution in [2.75, 3.05) is 26.7 Å². The summed E-state index contributed by atoms with van der Waals surface area (Å²) in [5.41, 5.74) is 1.10. The number of carbonyl (C=O) groups excluding carboxylic acids is 2. The molecule has 33 heavy (non-hydrogen) atoms. The molecule has 0 saturated carbocycles. The topological polar surface area (TPSA) is 102 Å². The number of rotatable bonds is 9. The average molecular weight is 475 g/mol. The Morgan fingerprint density at radius 3 is 2.48 bits per heavy atom. The predicted octanol–water partition coefficient (Wildman–Crippen LogP) is 2.39. The van der Waals surface area contributed by atoms with Gasteiger partial charge < -0.3 is 14.8 Å². The number of ether oxygens (including phenoxy) is 2. The third-order valence-electron chi connectivity index (χ3n) is 5.63. The molecular formula is C24H30N2O6S. The highest BCUT2D eigenvalue weighted by Gasteiger charge is 2.35. The second-order valence-corrected chi connectivity index (χ2v) is 9.92. The molecule has 1 heterocycles. The van der Waals surface area contributed by atoms with Gasteiger partial charge in [0.1, 0.15) is 5.75 Å². The summed E-state index contributed by atoms with van der Waals surface area (Å²) >= 11 is 0. The molecule has 9 heteroatoms. The van der Waals surface area contributed by atoms with E-state index in [0.29, 0.717) is 38.1 Å². The van der Waals surface area contributed by atoms with Crippen molar-refractivity contribution in [2.24, 2.45) is 5.92 Å². The van der Waals surface area contributed by atoms with Gasteiger partial charge in [-0.25, -0.2) is 8.42 Å². The van der Waals surface area contributed by atoms with Crippen LogP contribution < -0.4 is 10.1 Å². The lowest BCUT2D eigenvalue weighted by atomic mass is 10.00. The molecule has 1 aliphatic rings. The molecule has 0 bridgehead atoms. The van der Waals surface area contributed by atoms with Crippen molar-refractivity contribution >= 4 is 21.9 Å². The summed E-state index contributed by atoms with van der Waals surface area (Å²) < 4.78 is 37.7. The molecule has 0 aliphatic carbocycles. The Morgan fingerprint density at radius 1 is 1.12 bits per heavy atom. The number of nitrogens with zero attached hydrogens (tertiary/aromatic N) is 1. The van der Waals surface area contributed by atoms with Gasteiger partial charge in [0.15, 0.2) is 6.10 Å². The molecule has 1 aliphatic heterocycles. The molecule has 1 N–H and O–H groups in total. The normalized spacial score (nSPS) is 17.7. The van der Waals surface area contributed by atoms with Crippen LogP contribution in [0.15, 0.2) is 59.5 Å². The van der Waals surface area contributed by atoms with Crippen molar-refractivity contribution in [2.45, 2.75) is 37.2 Å². The standard InChI is InChI=1S/C24H30N2O6S/c1-18(23(27)25-15-14-19-7-4-3-5-8-19)32-24(28)20-9-6-16-26(17-20)33(29,30)22-12-10-21(31-2)11-13-22/h3-5,7-8,10-13,18,20H,6,9,14-17H2,1-2H3,(H,25,27). The maximum Gasteiger partial charge on any atom is 0.311 e. The van der Waals surface area contributed by atoms with Gasteiger partial charge in [-0.15, -0.1) is 0 Å². The molecule has 2 atom stereocenters. The van der Waals surface area contributed by atoms with E-state index in [1.165, 1.54) is 30.5 Å². The minimum absolute atomic E-state index is 0.0234. The van der Waals surface area contributed by atoms with Gasteiger partial charge in [-0.3, -0.25) is 9.59 Å². The van der Waals surface area contributed by atoms with E-state index in [0.717, 1.165) is 5.56 Å². The van der Waals surface area contributed by atoms with Crippen molar-refractivity contribution < 1.29 is 27.5 Å². The lowest BCUT2D eigenvalue weighted by Gasteiger charge is -2.31. The zero-order valence-corrected chi connectivity index (χ0v) is 19.7. The molecule has 1 amide bonds. The summed E-state index contributed by atoms with van der Waals surface area (Å²) in [6.45, 7) is 2.30. The molecule has 2 unspecified atom stereocenters. The number of esters is 1. The maximum absolute atomic E-state index is 13.0. The monoisotopic (exact) mass is 474 g/mol. The first-order chi connectivity index (χ1) is 15.8. The number of hydrogen-bond acceptors (Lipinski definition) is 6. The second-order valence-electron chi connectivity index (χ2n) is 7.98. The summed E-state index contributed by atoms with van der Waals surface area (Å²) in [4.78, 5) is 25.1. The van der Waals surface area contributed by atoms with Crippen LogP contribution in [0.3, 0.4) is 0 Å². The van der Waals surface area contributed by atoms with Crippen LogP contribution in [0.2, 0.25) is 0 Å². The van der Waals surface area contributed by atoms with Crippen molar-refractivity contribution in [1.82, 2.24) is 9.62 Å². The van der Waals surface area contributed by atoms with E-state index >= 15 is 0 Å². The Hall–Kier alpha value is -2.91. The largest absolute Gasteiger partial charge is 0.497 e. The number of methoxy groups -OCH3 is 1. The van der Waals surface area contributed by atoms with Crippen LogP contribution in [-0.4, -0.2) is 57.4 Å². The number of hydrogen-bond donors (Lipinski definition) is 1. The highest BCUT2D eigenvalue weighted by molar-refractivity contribution is 7.89. The molecule has 8 nitrogen and oxygen atoms in total. The molecule has 178 valence electrons. The first-order valence-electron chi connectivity index (χ1n) is 11.0. The number of nitrogens with one attached hydrogen (secondary N) is 1. The summed E-state index contributed by atoms with van der Waals surface area (Å²) in [6.07, 6.45) is 0.762. The predicted molar refractivity (Wildman–Crippen MR) is 123 cm³/mol. The number of sulfonamides is 1. The lowest BCUT2D eigenvalue weighted by Crippen LogP contribution is -2.44. The fourth-order valence-electron chi connectivity index (χ4n) is 3.69. The van der Waals surface area contributed by atoms with Crippen LogP contribution in [0.5, 0.6) is 5.75 Å². The Bertz CT molecular complexity index is 1040. The van der Waals surface area contributed by atoms with E-state index in [4.69, 9.17) is 9.47 Å². The van der Waals surface area contributed by atoms with Gasteiger partial charge in [-0.1, -0.05) is 30.3 Å². The van der Waals surface area contributed by atoms with Crippen LogP contribution in [0.1, 0.15) is 25.3 Å². The molecule has 1 fully saturated rings. The fraction of sp³-hybridized carbons (Fsp3) is 0.417. The van der Waals surface area contributed by atoms with Gasteiger partial charge in [-0.05, 0) is 56.0 Å². The number of amides is 1. The third kappa shape index (κ3) is 6.55. The number of piperidine rings is 1. The van der Waals surface area contributed by atoms with Crippen molar-refractivity contribution in [3.8, 4) is 5.75 Å². The summed E-state index contributed by atoms with van der Waals surface area (Å²) in [7, 11) is -2.24. The average Bonchev–Trinajstić information content (AvgIpc) is 2.84. The highest BCUT2D eigenvalue weighted by atomic mass is 32.2. The van der Waals surface area contributed by atoms with E-state index in [-0.39, 0.29) is 17.3 Å². The first kappa shape index (κ1) is 24.7. The minimum atomic E-state index is -3.75. The molecule has 1 saturated heterocycles. The summed E-state index contributed by atoms with van der Waals surface area (Å²) in [5.74, 6) is -0.996. The lowest BCUT2D eigenvalue weighted by molar-refractivity contribution is -0.159. The van der Waals surface area contributed by atoms with Crippen molar-refractivity contribution in [3.05, 3.63) is 60.2 Å². The smallest absolute Gasteiger partial charge is 0.311 e. The van der Waals surface area contributed by atoms with Gasteiger partial charge in [0.2, 0.25) is 10.0 Å². The van der Waals surface area contributed by atoms with Crippen molar-refractivity contribution in [3.63, 3.8) is 0 Å². The number of carbonyl (C=O) groups is 2. The molecular weight excluding hydrogens is 444 g/mol. The molecule has 2 aromatic rings. The van der Waals surface area contributed by atoms with Crippen LogP contribution in [0.4, 0.5) is 0 Å². The Kier molecular flexibility index (Phi) is 8.46. The van der Waals surface area contributed by atoms with E-state index in [2.05, 4.69) is 5.32 Å². The molecule has 0 aromatic heterocycles. The second kappa shape index (κ2) is 11.3. The quantitative estimate of drug-likeness (QED) is 0.560. The zero-order valence-electron chi connectivity index (χ0n) is 18.9. The van der Waals surface area contributed by atoms with Gasteiger partial charge in [0.05, 0.1) is 17.9 Å². The van der Waals surface area contributed by atoms with Crippen LogP contribution in [-0.2, 0) is 30.8 Å². The molecule has 0 radical (unpaired) electrons. The maximum atomic E-state index is 13.0. The first-order valence-corrected chi connectivity index (χ1v) is 12.4. The van der Waals surface area contributed by atoms with Gasteiger partial charge in [-0.2, -0.15) is 4.31 Å². The van der Waals surface area contributed by atoms with E-state index < -0.39 is 28.0 Å². The molecule has 2 aromatic carbocycles. The van der Waals surface area contributed by atoms with Crippen molar-refractivity contribution in [1.29, 1.82) is 0 Å². The Balaban J connectivity index is 1.52. The minimum Gasteiger partial charge on any atom is -0.497 e.